The van der Waals surface area contributed by atoms with Gasteiger partial charge in [-0.3, -0.25) is 9.78 Å². The molecule has 1 saturated heterocycles. The molecule has 13 nitrogen and oxygen atoms in total. The Balaban J connectivity index is 1.24. The van der Waals surface area contributed by atoms with E-state index >= 15 is 0 Å². The summed E-state index contributed by atoms with van der Waals surface area (Å²) in [4.78, 5) is 53.8. The highest BCUT2D eigenvalue weighted by molar-refractivity contribution is 6.00. The molecule has 0 spiro atoms. The molecule has 0 unspecified atom stereocenters. The van der Waals surface area contributed by atoms with Crippen LogP contribution in [0.15, 0.2) is 73.2 Å². The number of ether oxygens (including phenoxy) is 1. The third-order valence-corrected chi connectivity index (χ3v) is 7.40. The van der Waals surface area contributed by atoms with E-state index in [0.717, 1.165) is 22.5 Å². The molecule has 0 radical (unpaired) electrons. The number of nitrogens with one attached hydrogen (secondary N) is 2. The molecule has 0 atom stereocenters. The number of morpholine rings is 1. The summed E-state index contributed by atoms with van der Waals surface area (Å²) in [6.07, 6.45) is 5.35. The number of carbonyl (C=O) groups is 2. The Kier molecular flexibility index (Phi) is 8.65. The SMILES string of the molecule is CN(C)C(=O)c1ccc(NC(=O)Nc2ccc(-c3nc(N4CCOCC4)c4ncc(-c5cnc(N(C)C)nc5)cc4n3)cc2)cc1. The first-order valence-corrected chi connectivity index (χ1v) is 14.8. The highest BCUT2D eigenvalue weighted by Gasteiger charge is 2.20. The average molecular weight is 619 g/mol. The van der Waals surface area contributed by atoms with Gasteiger partial charge in [0.15, 0.2) is 11.6 Å². The molecule has 5 aromatic rings. The lowest BCUT2D eigenvalue weighted by Crippen LogP contribution is -2.37. The topological polar surface area (TPSA) is 142 Å². The maximum Gasteiger partial charge on any atom is 0.323 e. The Hall–Kier alpha value is -5.69. The second-order valence-corrected chi connectivity index (χ2v) is 11.2. The van der Waals surface area contributed by atoms with Gasteiger partial charge in [0.05, 0.1) is 18.7 Å². The zero-order valence-corrected chi connectivity index (χ0v) is 26.1. The van der Waals surface area contributed by atoms with Crippen LogP contribution in [0.4, 0.5) is 27.9 Å². The fraction of sp³-hybridized carbons (Fsp3) is 0.242. The summed E-state index contributed by atoms with van der Waals surface area (Å²) < 4.78 is 5.58. The van der Waals surface area contributed by atoms with Crippen LogP contribution < -0.4 is 20.4 Å². The first kappa shape index (κ1) is 30.3. The number of anilines is 4. The molecular weight excluding hydrogens is 584 g/mol. The Bertz CT molecular complexity index is 1860. The van der Waals surface area contributed by atoms with E-state index in [1.165, 1.54) is 4.90 Å². The van der Waals surface area contributed by atoms with Gasteiger partial charge < -0.3 is 30.1 Å². The number of amides is 3. The van der Waals surface area contributed by atoms with Crippen LogP contribution in [-0.4, -0.2) is 96.3 Å². The van der Waals surface area contributed by atoms with E-state index in [-0.39, 0.29) is 5.91 Å². The molecule has 234 valence electrons. The van der Waals surface area contributed by atoms with E-state index in [4.69, 9.17) is 19.7 Å². The molecule has 2 aromatic carbocycles. The maximum absolute atomic E-state index is 12.7. The van der Waals surface area contributed by atoms with Gasteiger partial charge in [-0.2, -0.15) is 0 Å². The van der Waals surface area contributed by atoms with Crippen molar-refractivity contribution in [1.29, 1.82) is 0 Å². The Morgan fingerprint density at radius 1 is 0.761 bits per heavy atom. The van der Waals surface area contributed by atoms with E-state index in [9.17, 15) is 9.59 Å². The molecule has 1 aliphatic rings. The minimum Gasteiger partial charge on any atom is -0.378 e. The minimum atomic E-state index is -0.405. The Labute approximate surface area is 266 Å². The van der Waals surface area contributed by atoms with Crippen LogP contribution in [0.5, 0.6) is 0 Å². The van der Waals surface area contributed by atoms with Gasteiger partial charge in [-0.15, -0.1) is 0 Å². The number of fused-ring (bicyclic) bond motifs is 1. The molecule has 2 N–H and O–H groups in total. The number of nitrogens with zero attached hydrogens (tertiary/aromatic N) is 8. The van der Waals surface area contributed by atoms with Gasteiger partial charge in [0.1, 0.15) is 5.52 Å². The van der Waals surface area contributed by atoms with Crippen LogP contribution in [-0.2, 0) is 4.74 Å². The molecule has 3 aromatic heterocycles. The van der Waals surface area contributed by atoms with Crippen molar-refractivity contribution in [2.75, 3.05) is 74.9 Å². The molecular formula is C33H34N10O3. The van der Waals surface area contributed by atoms with Gasteiger partial charge in [-0.1, -0.05) is 0 Å². The van der Waals surface area contributed by atoms with Crippen molar-refractivity contribution >= 4 is 46.1 Å². The number of hydrogen-bond donors (Lipinski definition) is 2. The summed E-state index contributed by atoms with van der Waals surface area (Å²) in [5, 5.41) is 5.63. The zero-order valence-electron chi connectivity index (χ0n) is 26.1. The number of benzene rings is 2. The number of carbonyl (C=O) groups excluding carboxylic acids is 2. The highest BCUT2D eigenvalue weighted by Crippen LogP contribution is 2.30. The lowest BCUT2D eigenvalue weighted by Gasteiger charge is -2.28. The van der Waals surface area contributed by atoms with Crippen LogP contribution in [0.25, 0.3) is 33.5 Å². The van der Waals surface area contributed by atoms with Crippen molar-refractivity contribution in [2.45, 2.75) is 0 Å². The van der Waals surface area contributed by atoms with Crippen molar-refractivity contribution in [3.8, 4) is 22.5 Å². The lowest BCUT2D eigenvalue weighted by molar-refractivity contribution is 0.0827. The summed E-state index contributed by atoms with van der Waals surface area (Å²) in [7, 11) is 7.18. The van der Waals surface area contributed by atoms with E-state index < -0.39 is 6.03 Å². The zero-order chi connectivity index (χ0) is 32.2. The van der Waals surface area contributed by atoms with E-state index in [0.29, 0.717) is 66.0 Å². The van der Waals surface area contributed by atoms with Gasteiger partial charge in [0, 0.05) is 93.5 Å². The molecule has 0 saturated carbocycles. The fourth-order valence-electron chi connectivity index (χ4n) is 4.94. The third-order valence-electron chi connectivity index (χ3n) is 7.40. The monoisotopic (exact) mass is 618 g/mol. The molecule has 1 aliphatic heterocycles. The molecule has 46 heavy (non-hydrogen) atoms. The molecule has 4 heterocycles. The van der Waals surface area contributed by atoms with E-state index in [2.05, 4.69) is 25.5 Å². The summed E-state index contributed by atoms with van der Waals surface area (Å²) in [5.41, 5.74) is 5.57. The smallest absolute Gasteiger partial charge is 0.323 e. The van der Waals surface area contributed by atoms with Gasteiger partial charge in [-0.25, -0.2) is 24.7 Å². The molecule has 0 aliphatic carbocycles. The highest BCUT2D eigenvalue weighted by atomic mass is 16.5. The number of rotatable bonds is 7. The fourth-order valence-corrected chi connectivity index (χ4v) is 4.94. The molecule has 3 amide bonds. The minimum absolute atomic E-state index is 0.107. The summed E-state index contributed by atoms with van der Waals surface area (Å²) in [5.74, 6) is 1.80. The second-order valence-electron chi connectivity index (χ2n) is 11.2. The summed E-state index contributed by atoms with van der Waals surface area (Å²) in [6, 6.07) is 15.6. The van der Waals surface area contributed by atoms with Crippen LogP contribution in [0.3, 0.4) is 0 Å². The van der Waals surface area contributed by atoms with Gasteiger partial charge >= 0.3 is 6.03 Å². The molecule has 0 bridgehead atoms. The van der Waals surface area contributed by atoms with Gasteiger partial charge in [0.2, 0.25) is 5.95 Å². The van der Waals surface area contributed by atoms with Gasteiger partial charge in [0.25, 0.3) is 5.91 Å². The number of aromatic nitrogens is 5. The summed E-state index contributed by atoms with van der Waals surface area (Å²) in [6.45, 7) is 2.60. The van der Waals surface area contributed by atoms with Gasteiger partial charge in [-0.05, 0) is 54.6 Å². The second kappa shape index (κ2) is 13.1. The largest absolute Gasteiger partial charge is 0.378 e. The normalized spacial score (nSPS) is 12.9. The lowest BCUT2D eigenvalue weighted by atomic mass is 10.1. The quantitative estimate of drug-likeness (QED) is 0.270. The van der Waals surface area contributed by atoms with Crippen molar-refractivity contribution in [3.63, 3.8) is 0 Å². The summed E-state index contributed by atoms with van der Waals surface area (Å²) >= 11 is 0. The van der Waals surface area contributed by atoms with Crippen LogP contribution in [0.1, 0.15) is 10.4 Å². The molecule has 6 rings (SSSR count). The average Bonchev–Trinajstić information content (AvgIpc) is 3.08. The van der Waals surface area contributed by atoms with Crippen molar-refractivity contribution in [2.24, 2.45) is 0 Å². The maximum atomic E-state index is 12.7. The molecule has 1 fully saturated rings. The molecule has 13 heteroatoms. The van der Waals surface area contributed by atoms with Crippen molar-refractivity contribution < 1.29 is 14.3 Å². The predicted octanol–water partition coefficient (Wildman–Crippen LogP) is 4.40. The predicted molar refractivity (Wildman–Crippen MR) is 178 cm³/mol. The van der Waals surface area contributed by atoms with E-state index in [1.54, 1.807) is 69.1 Å². The van der Waals surface area contributed by atoms with E-state index in [1.807, 2.05) is 37.2 Å². The third kappa shape index (κ3) is 6.69. The number of urea groups is 1. The van der Waals surface area contributed by atoms with Crippen LogP contribution in [0.2, 0.25) is 0 Å². The van der Waals surface area contributed by atoms with Crippen molar-refractivity contribution in [3.05, 3.63) is 78.8 Å². The Morgan fingerprint density at radius 2 is 1.37 bits per heavy atom. The first-order valence-electron chi connectivity index (χ1n) is 14.8. The Morgan fingerprint density at radius 3 is 1.98 bits per heavy atom. The number of pyridine rings is 1. The van der Waals surface area contributed by atoms with Crippen LogP contribution in [0, 0.1) is 0 Å². The van der Waals surface area contributed by atoms with Crippen LogP contribution >= 0.6 is 0 Å². The standard InChI is InChI=1S/C33H34N10O3/c1-41(2)31(44)22-7-11-26(12-8-22)38-33(45)37-25-9-5-21(6-10-25)29-39-27-17-23(24-19-35-32(36-20-24)42(3)4)18-34-28(27)30(40-29)43-13-15-46-16-14-43/h5-12,17-20H,13-16H2,1-4H3,(H2,37,38,45). The number of hydrogen-bond acceptors (Lipinski definition) is 10. The first-order chi connectivity index (χ1) is 22.2. The van der Waals surface area contributed by atoms with Crippen molar-refractivity contribution in [1.82, 2.24) is 29.8 Å².